The predicted molar refractivity (Wildman–Crippen MR) is 70.8 cm³/mol. The van der Waals surface area contributed by atoms with Crippen LogP contribution >= 0.6 is 0 Å². The summed E-state index contributed by atoms with van der Waals surface area (Å²) in [7, 11) is 0. The summed E-state index contributed by atoms with van der Waals surface area (Å²) in [6, 6.07) is 3.60. The Morgan fingerprint density at radius 3 is 2.63 bits per heavy atom. The number of hydrogen-bond acceptors (Lipinski definition) is 5. The van der Waals surface area contributed by atoms with E-state index in [1.165, 1.54) is 17.0 Å². The van der Waals surface area contributed by atoms with E-state index in [0.29, 0.717) is 0 Å². The van der Waals surface area contributed by atoms with Crippen molar-refractivity contribution in [3.63, 3.8) is 0 Å². The van der Waals surface area contributed by atoms with E-state index in [2.05, 4.69) is 0 Å². The molecule has 0 saturated carbocycles. The molecular weight excluding hydrogens is 250 g/mol. The average Bonchev–Trinajstić information content (AvgIpc) is 2.35. The number of benzene rings is 1. The van der Waals surface area contributed by atoms with Crippen LogP contribution in [0.15, 0.2) is 18.2 Å². The maximum Gasteiger partial charge on any atom is 0.270 e. The van der Waals surface area contributed by atoms with Gasteiger partial charge in [0.1, 0.15) is 0 Å². The number of nitro benzene ring substituents is 1. The van der Waals surface area contributed by atoms with Crippen molar-refractivity contribution in [2.75, 3.05) is 18.9 Å². The second-order valence-electron chi connectivity index (χ2n) is 4.34. The van der Waals surface area contributed by atoms with Crippen LogP contribution in [0.4, 0.5) is 11.4 Å². The molecule has 0 fully saturated rings. The van der Waals surface area contributed by atoms with Gasteiger partial charge in [-0.2, -0.15) is 0 Å². The third-order valence-electron chi connectivity index (χ3n) is 2.70. The topological polar surface area (TPSA) is 110 Å². The Morgan fingerprint density at radius 1 is 1.53 bits per heavy atom. The SMILES string of the molecule is CC(C)N(CCO)C(=O)c1cc([N+](=O)[O-])ccc1N. The summed E-state index contributed by atoms with van der Waals surface area (Å²) in [4.78, 5) is 23.8. The molecule has 7 heteroatoms. The fourth-order valence-electron chi connectivity index (χ4n) is 1.70. The smallest absolute Gasteiger partial charge is 0.270 e. The lowest BCUT2D eigenvalue weighted by Gasteiger charge is -2.26. The molecule has 1 rings (SSSR count). The minimum atomic E-state index is -0.581. The molecule has 0 aliphatic heterocycles. The predicted octanol–water partition coefficient (Wildman–Crippen LogP) is 1.02. The van der Waals surface area contributed by atoms with E-state index in [1.54, 1.807) is 13.8 Å². The van der Waals surface area contributed by atoms with Crippen LogP contribution in [0.1, 0.15) is 24.2 Å². The van der Waals surface area contributed by atoms with E-state index in [1.807, 2.05) is 0 Å². The van der Waals surface area contributed by atoms with Crippen LogP contribution in [-0.2, 0) is 0 Å². The van der Waals surface area contributed by atoms with Crippen molar-refractivity contribution in [2.45, 2.75) is 19.9 Å². The number of amides is 1. The molecule has 0 spiro atoms. The molecule has 0 radical (unpaired) electrons. The van der Waals surface area contributed by atoms with Crippen LogP contribution in [0.5, 0.6) is 0 Å². The van der Waals surface area contributed by atoms with Crippen LogP contribution in [0.3, 0.4) is 0 Å². The lowest BCUT2D eigenvalue weighted by atomic mass is 10.1. The van der Waals surface area contributed by atoms with Crippen molar-refractivity contribution in [1.82, 2.24) is 4.90 Å². The lowest BCUT2D eigenvalue weighted by molar-refractivity contribution is -0.384. The molecule has 0 aliphatic rings. The molecule has 7 nitrogen and oxygen atoms in total. The van der Waals surface area contributed by atoms with E-state index >= 15 is 0 Å². The first-order chi connectivity index (χ1) is 8.88. The Kier molecular flexibility index (Phi) is 4.82. The number of nitro groups is 1. The summed E-state index contributed by atoms with van der Waals surface area (Å²) < 4.78 is 0. The molecule has 104 valence electrons. The zero-order valence-corrected chi connectivity index (χ0v) is 10.9. The van der Waals surface area contributed by atoms with Crippen LogP contribution < -0.4 is 5.73 Å². The van der Waals surface area contributed by atoms with Crippen LogP contribution in [0, 0.1) is 10.1 Å². The second-order valence-corrected chi connectivity index (χ2v) is 4.34. The zero-order chi connectivity index (χ0) is 14.6. The van der Waals surface area contributed by atoms with Gasteiger partial charge in [0.2, 0.25) is 0 Å². The molecule has 3 N–H and O–H groups in total. The minimum absolute atomic E-state index is 0.0800. The van der Waals surface area contributed by atoms with E-state index in [9.17, 15) is 14.9 Å². The van der Waals surface area contributed by atoms with Gasteiger partial charge in [0, 0.05) is 30.4 Å². The number of nitrogens with zero attached hydrogens (tertiary/aromatic N) is 2. The monoisotopic (exact) mass is 267 g/mol. The van der Waals surface area contributed by atoms with Gasteiger partial charge >= 0.3 is 0 Å². The van der Waals surface area contributed by atoms with Gasteiger partial charge in [0.05, 0.1) is 17.1 Å². The molecule has 0 saturated heterocycles. The van der Waals surface area contributed by atoms with Gasteiger partial charge in [0.15, 0.2) is 0 Å². The maximum atomic E-state index is 12.3. The summed E-state index contributed by atoms with van der Waals surface area (Å²) in [5.41, 5.74) is 5.76. The van der Waals surface area contributed by atoms with Crippen molar-refractivity contribution in [3.05, 3.63) is 33.9 Å². The van der Waals surface area contributed by atoms with Crippen molar-refractivity contribution in [2.24, 2.45) is 0 Å². The Bertz CT molecular complexity index is 488. The highest BCUT2D eigenvalue weighted by molar-refractivity contribution is 6.00. The number of nitrogens with two attached hydrogens (primary N) is 1. The summed E-state index contributed by atoms with van der Waals surface area (Å²) >= 11 is 0. The van der Waals surface area contributed by atoms with E-state index in [-0.39, 0.29) is 36.1 Å². The standard InChI is InChI=1S/C12H17N3O4/c1-8(2)14(5-6-16)12(17)10-7-9(15(18)19)3-4-11(10)13/h3-4,7-8,16H,5-6,13H2,1-2H3. The number of anilines is 1. The van der Waals surface area contributed by atoms with E-state index in [0.717, 1.165) is 6.07 Å². The molecule has 0 heterocycles. The fourth-order valence-corrected chi connectivity index (χ4v) is 1.70. The first-order valence-electron chi connectivity index (χ1n) is 5.84. The van der Waals surface area contributed by atoms with Crippen molar-refractivity contribution >= 4 is 17.3 Å². The van der Waals surface area contributed by atoms with Crippen LogP contribution in [0.25, 0.3) is 0 Å². The lowest BCUT2D eigenvalue weighted by Crippen LogP contribution is -2.39. The first-order valence-corrected chi connectivity index (χ1v) is 5.84. The summed E-state index contributed by atoms with van der Waals surface area (Å²) in [6.45, 7) is 3.56. The largest absolute Gasteiger partial charge is 0.398 e. The molecular formula is C12H17N3O4. The molecule has 0 bridgehead atoms. The number of carbonyl (C=O) groups is 1. The molecule has 1 aromatic carbocycles. The average molecular weight is 267 g/mol. The van der Waals surface area contributed by atoms with Crippen LogP contribution in [0.2, 0.25) is 0 Å². The first kappa shape index (κ1) is 14.9. The molecule has 1 aromatic rings. The van der Waals surface area contributed by atoms with Gasteiger partial charge in [-0.1, -0.05) is 0 Å². The summed E-state index contributed by atoms with van der Waals surface area (Å²) in [6.07, 6.45) is 0. The van der Waals surface area contributed by atoms with Gasteiger partial charge in [0.25, 0.3) is 11.6 Å². The van der Waals surface area contributed by atoms with Crippen LogP contribution in [-0.4, -0.2) is 40.0 Å². The number of aliphatic hydroxyl groups is 1. The fraction of sp³-hybridized carbons (Fsp3) is 0.417. The second kappa shape index (κ2) is 6.14. The normalized spacial score (nSPS) is 10.5. The molecule has 0 unspecified atom stereocenters. The molecule has 19 heavy (non-hydrogen) atoms. The summed E-state index contributed by atoms with van der Waals surface area (Å²) in [5, 5.41) is 19.7. The van der Waals surface area contributed by atoms with Crippen molar-refractivity contribution in [1.29, 1.82) is 0 Å². The quantitative estimate of drug-likeness (QED) is 0.470. The number of rotatable bonds is 5. The number of aliphatic hydroxyl groups excluding tert-OH is 1. The van der Waals surface area contributed by atoms with Gasteiger partial charge in [-0.15, -0.1) is 0 Å². The third-order valence-corrected chi connectivity index (χ3v) is 2.70. The molecule has 1 amide bonds. The number of nitrogen functional groups attached to an aromatic ring is 1. The molecule has 0 atom stereocenters. The zero-order valence-electron chi connectivity index (χ0n) is 10.9. The summed E-state index contributed by atoms with van der Waals surface area (Å²) in [5.74, 6) is -0.426. The van der Waals surface area contributed by atoms with E-state index in [4.69, 9.17) is 10.8 Å². The number of carbonyl (C=O) groups excluding carboxylic acids is 1. The van der Waals surface area contributed by atoms with Crippen molar-refractivity contribution in [3.8, 4) is 0 Å². The Balaban J connectivity index is 3.16. The van der Waals surface area contributed by atoms with Gasteiger partial charge in [-0.05, 0) is 19.9 Å². The maximum absolute atomic E-state index is 12.3. The number of non-ortho nitro benzene ring substituents is 1. The van der Waals surface area contributed by atoms with Gasteiger partial charge < -0.3 is 15.7 Å². The van der Waals surface area contributed by atoms with Crippen molar-refractivity contribution < 1.29 is 14.8 Å². The van der Waals surface area contributed by atoms with Gasteiger partial charge in [-0.3, -0.25) is 14.9 Å². The van der Waals surface area contributed by atoms with E-state index < -0.39 is 10.8 Å². The Labute approximate surface area is 110 Å². The Hall–Kier alpha value is -2.15. The Morgan fingerprint density at radius 2 is 2.16 bits per heavy atom. The highest BCUT2D eigenvalue weighted by Gasteiger charge is 2.22. The third kappa shape index (κ3) is 3.41. The highest BCUT2D eigenvalue weighted by Crippen LogP contribution is 2.21. The molecule has 0 aromatic heterocycles. The van der Waals surface area contributed by atoms with Gasteiger partial charge in [-0.25, -0.2) is 0 Å². The highest BCUT2D eigenvalue weighted by atomic mass is 16.6. The minimum Gasteiger partial charge on any atom is -0.398 e. The number of hydrogen-bond donors (Lipinski definition) is 2. The molecule has 0 aliphatic carbocycles.